The molecule has 2 aromatic heterocycles. The number of aliphatic hydroxyl groups excluding tert-OH is 1. The number of aliphatic hydroxyl groups is 1. The van der Waals surface area contributed by atoms with Gasteiger partial charge in [0.25, 0.3) is 5.91 Å². The number of nitrogens with one attached hydrogen (secondary N) is 1. The Hall–Kier alpha value is -2.21. The lowest BCUT2D eigenvalue weighted by Gasteiger charge is -2.09. The number of hydrogen-bond donors (Lipinski definition) is 2. The minimum absolute atomic E-state index is 0.169. The van der Waals surface area contributed by atoms with Crippen LogP contribution in [0.25, 0.3) is 5.82 Å². The monoisotopic (exact) mass is 274 g/mol. The summed E-state index contributed by atoms with van der Waals surface area (Å²) >= 11 is 0. The molecule has 1 unspecified atom stereocenters. The number of carbonyl (C=O) groups is 1. The van der Waals surface area contributed by atoms with E-state index >= 15 is 0 Å². The van der Waals surface area contributed by atoms with Gasteiger partial charge >= 0.3 is 0 Å². The summed E-state index contributed by atoms with van der Waals surface area (Å²) in [4.78, 5) is 20.1. The molecule has 6 nitrogen and oxygen atoms in total. The van der Waals surface area contributed by atoms with Gasteiger partial charge in [0.2, 0.25) is 0 Å². The summed E-state index contributed by atoms with van der Waals surface area (Å²) in [5.74, 6) is 0.473. The Labute approximate surface area is 117 Å². The lowest BCUT2D eigenvalue weighted by Crippen LogP contribution is -2.27. The minimum Gasteiger partial charge on any atom is -0.393 e. The van der Waals surface area contributed by atoms with Crippen molar-refractivity contribution in [1.82, 2.24) is 19.9 Å². The predicted molar refractivity (Wildman–Crippen MR) is 74.6 cm³/mol. The number of rotatable bonds is 6. The van der Waals surface area contributed by atoms with E-state index in [1.165, 1.54) is 0 Å². The van der Waals surface area contributed by atoms with Crippen LogP contribution in [0, 0.1) is 0 Å². The number of amides is 1. The quantitative estimate of drug-likeness (QED) is 0.828. The maximum atomic E-state index is 12.0. The molecule has 0 radical (unpaired) electrons. The molecule has 0 spiro atoms. The third kappa shape index (κ3) is 3.64. The van der Waals surface area contributed by atoms with E-state index in [9.17, 15) is 9.90 Å². The summed E-state index contributed by atoms with van der Waals surface area (Å²) in [5.41, 5.74) is 0.537. The van der Waals surface area contributed by atoms with Gasteiger partial charge in [-0.1, -0.05) is 6.92 Å². The van der Waals surface area contributed by atoms with Crippen LogP contribution in [0.1, 0.15) is 30.1 Å². The van der Waals surface area contributed by atoms with Crippen molar-refractivity contribution in [2.75, 3.05) is 6.54 Å². The van der Waals surface area contributed by atoms with Crippen molar-refractivity contribution in [1.29, 1.82) is 0 Å². The van der Waals surface area contributed by atoms with Gasteiger partial charge in [0, 0.05) is 30.7 Å². The summed E-state index contributed by atoms with van der Waals surface area (Å²) in [6.45, 7) is 2.36. The fourth-order valence-corrected chi connectivity index (χ4v) is 1.75. The Morgan fingerprint density at radius 2 is 2.35 bits per heavy atom. The van der Waals surface area contributed by atoms with E-state index in [-0.39, 0.29) is 12.0 Å². The van der Waals surface area contributed by atoms with E-state index in [1.807, 2.05) is 6.92 Å². The highest BCUT2D eigenvalue weighted by Crippen LogP contribution is 2.07. The summed E-state index contributed by atoms with van der Waals surface area (Å²) in [6.07, 6.45) is 7.52. The minimum atomic E-state index is -0.366. The zero-order valence-corrected chi connectivity index (χ0v) is 11.4. The number of carbonyl (C=O) groups excluding carboxylic acids is 1. The van der Waals surface area contributed by atoms with Crippen LogP contribution in [0.3, 0.4) is 0 Å². The molecule has 20 heavy (non-hydrogen) atoms. The second-order valence-electron chi connectivity index (χ2n) is 4.48. The molecule has 2 N–H and O–H groups in total. The molecule has 0 bridgehead atoms. The van der Waals surface area contributed by atoms with Crippen molar-refractivity contribution in [2.45, 2.75) is 25.9 Å². The first-order valence-corrected chi connectivity index (χ1v) is 6.61. The number of pyridine rings is 1. The maximum absolute atomic E-state index is 12.0. The molecule has 1 amide bonds. The molecule has 6 heteroatoms. The molecule has 2 heterocycles. The van der Waals surface area contributed by atoms with Gasteiger partial charge in [-0.2, -0.15) is 0 Å². The van der Waals surface area contributed by atoms with E-state index in [0.29, 0.717) is 30.8 Å². The Morgan fingerprint density at radius 3 is 3.05 bits per heavy atom. The highest BCUT2D eigenvalue weighted by Gasteiger charge is 2.08. The van der Waals surface area contributed by atoms with Gasteiger partial charge in [-0.05, 0) is 25.0 Å². The Balaban J connectivity index is 1.98. The third-order valence-electron chi connectivity index (χ3n) is 3.01. The standard InChI is InChI=1S/C14H18N4O2/c1-2-12(19)4-6-17-14(20)11-3-5-16-13(9-11)18-8-7-15-10-18/h3,5,7-10,12,19H,2,4,6H2,1H3,(H,17,20). The van der Waals surface area contributed by atoms with E-state index in [0.717, 1.165) is 0 Å². The normalized spacial score (nSPS) is 12.1. The molecule has 2 aromatic rings. The zero-order chi connectivity index (χ0) is 14.4. The molecule has 0 saturated heterocycles. The van der Waals surface area contributed by atoms with E-state index < -0.39 is 0 Å². The van der Waals surface area contributed by atoms with Crippen LogP contribution in [0.4, 0.5) is 0 Å². The molecule has 0 fully saturated rings. The second-order valence-corrected chi connectivity index (χ2v) is 4.48. The van der Waals surface area contributed by atoms with Crippen LogP contribution in [-0.4, -0.2) is 38.2 Å². The first-order valence-electron chi connectivity index (χ1n) is 6.61. The fourth-order valence-electron chi connectivity index (χ4n) is 1.75. The van der Waals surface area contributed by atoms with Gasteiger partial charge in [0.05, 0.1) is 6.10 Å². The van der Waals surface area contributed by atoms with Gasteiger partial charge in [-0.15, -0.1) is 0 Å². The van der Waals surface area contributed by atoms with Crippen molar-refractivity contribution in [3.05, 3.63) is 42.6 Å². The lowest BCUT2D eigenvalue weighted by molar-refractivity contribution is 0.0942. The molecule has 0 aliphatic rings. The molecule has 0 aliphatic heterocycles. The first kappa shape index (κ1) is 14.2. The van der Waals surface area contributed by atoms with E-state index in [2.05, 4.69) is 15.3 Å². The van der Waals surface area contributed by atoms with Crippen molar-refractivity contribution < 1.29 is 9.90 Å². The molecule has 0 aliphatic carbocycles. The highest BCUT2D eigenvalue weighted by atomic mass is 16.3. The van der Waals surface area contributed by atoms with Crippen LogP contribution in [0.5, 0.6) is 0 Å². The largest absolute Gasteiger partial charge is 0.393 e. The summed E-state index contributed by atoms with van der Waals surface area (Å²) in [6, 6.07) is 3.36. The average Bonchev–Trinajstić information content (AvgIpc) is 3.01. The molecular weight excluding hydrogens is 256 g/mol. The van der Waals surface area contributed by atoms with Crippen LogP contribution >= 0.6 is 0 Å². The molecule has 1 atom stereocenters. The van der Waals surface area contributed by atoms with Crippen molar-refractivity contribution in [3.8, 4) is 5.82 Å². The van der Waals surface area contributed by atoms with Crippen LogP contribution in [0.2, 0.25) is 0 Å². The number of nitrogens with zero attached hydrogens (tertiary/aromatic N) is 3. The lowest BCUT2D eigenvalue weighted by atomic mass is 10.2. The van der Waals surface area contributed by atoms with Gasteiger partial charge in [0.1, 0.15) is 12.1 Å². The Kier molecular flexibility index (Phi) is 4.84. The van der Waals surface area contributed by atoms with E-state index in [1.54, 1.807) is 41.6 Å². The summed E-state index contributed by atoms with van der Waals surface area (Å²) < 4.78 is 1.73. The van der Waals surface area contributed by atoms with E-state index in [4.69, 9.17) is 0 Å². The zero-order valence-electron chi connectivity index (χ0n) is 11.4. The number of hydrogen-bond acceptors (Lipinski definition) is 4. The molecule has 0 aromatic carbocycles. The van der Waals surface area contributed by atoms with Crippen molar-refractivity contribution in [2.24, 2.45) is 0 Å². The second kappa shape index (κ2) is 6.81. The van der Waals surface area contributed by atoms with Crippen molar-refractivity contribution >= 4 is 5.91 Å². The molecule has 2 rings (SSSR count). The highest BCUT2D eigenvalue weighted by molar-refractivity contribution is 5.94. The van der Waals surface area contributed by atoms with Gasteiger partial charge in [0.15, 0.2) is 0 Å². The Bertz CT molecular complexity index is 554. The van der Waals surface area contributed by atoms with Gasteiger partial charge < -0.3 is 10.4 Å². The predicted octanol–water partition coefficient (Wildman–Crippen LogP) is 1.16. The van der Waals surface area contributed by atoms with Gasteiger partial charge in [-0.3, -0.25) is 9.36 Å². The number of aromatic nitrogens is 3. The van der Waals surface area contributed by atoms with Gasteiger partial charge in [-0.25, -0.2) is 9.97 Å². The number of imidazole rings is 1. The SMILES string of the molecule is CCC(O)CCNC(=O)c1ccnc(-n2ccnc2)c1. The van der Waals surface area contributed by atoms with Crippen LogP contribution in [0.15, 0.2) is 37.1 Å². The average molecular weight is 274 g/mol. The Morgan fingerprint density at radius 1 is 1.50 bits per heavy atom. The van der Waals surface area contributed by atoms with Crippen molar-refractivity contribution in [3.63, 3.8) is 0 Å². The molecule has 106 valence electrons. The smallest absolute Gasteiger partial charge is 0.251 e. The topological polar surface area (TPSA) is 80.0 Å². The van der Waals surface area contributed by atoms with Crippen LogP contribution in [-0.2, 0) is 0 Å². The van der Waals surface area contributed by atoms with Crippen LogP contribution < -0.4 is 5.32 Å². The molecule has 0 saturated carbocycles. The third-order valence-corrected chi connectivity index (χ3v) is 3.01. The maximum Gasteiger partial charge on any atom is 0.251 e. The summed E-state index contributed by atoms with van der Waals surface area (Å²) in [5, 5.41) is 12.2. The molecular formula is C14H18N4O2. The fraction of sp³-hybridized carbons (Fsp3) is 0.357. The summed E-state index contributed by atoms with van der Waals surface area (Å²) in [7, 11) is 0. The first-order chi connectivity index (χ1) is 9.70.